The number of epoxide rings is 1. The molecule has 174 valence electrons. The maximum atomic E-state index is 13.1. The number of hydrogen-bond acceptors (Lipinski definition) is 7. The molecule has 0 spiro atoms. The fourth-order valence-electron chi connectivity index (χ4n) is 5.16. The van der Waals surface area contributed by atoms with E-state index in [2.05, 4.69) is 40.8 Å². The van der Waals surface area contributed by atoms with Crippen LogP contribution in [0.1, 0.15) is 41.0 Å². The fourth-order valence-corrected chi connectivity index (χ4v) is 6.45. The summed E-state index contributed by atoms with van der Waals surface area (Å²) in [4.78, 5) is 27.5. The van der Waals surface area contributed by atoms with Crippen LogP contribution in [-0.4, -0.2) is 75.3 Å². The lowest BCUT2D eigenvalue weighted by molar-refractivity contribution is -0.144. The zero-order valence-electron chi connectivity index (χ0n) is 20.2. The SMILES string of the molecule is C[C@H]1C(=O)O[C@H]2C[C@]3(C)O[C@H]3[C@H](O[Si](C)(C)C(C)(C)C)[C@@H](N(C)C)C3=C[C@@H](OC3=O)[C@@H]21. The maximum absolute atomic E-state index is 13.1. The number of carbonyl (C=O) groups is 2. The minimum Gasteiger partial charge on any atom is -0.462 e. The van der Waals surface area contributed by atoms with Crippen molar-refractivity contribution < 1.29 is 28.2 Å². The van der Waals surface area contributed by atoms with E-state index in [9.17, 15) is 9.59 Å². The van der Waals surface area contributed by atoms with Crippen LogP contribution in [0.4, 0.5) is 0 Å². The highest BCUT2D eigenvalue weighted by Crippen LogP contribution is 2.52. The molecule has 4 rings (SSSR count). The molecule has 3 heterocycles. The summed E-state index contributed by atoms with van der Waals surface area (Å²) in [7, 11) is 1.76. The first-order chi connectivity index (χ1) is 14.2. The van der Waals surface area contributed by atoms with E-state index in [-0.39, 0.29) is 53.2 Å². The zero-order valence-corrected chi connectivity index (χ0v) is 21.2. The third-order valence-electron chi connectivity index (χ3n) is 8.12. The van der Waals surface area contributed by atoms with Gasteiger partial charge in [-0.2, -0.15) is 0 Å². The van der Waals surface area contributed by atoms with Gasteiger partial charge in [0.25, 0.3) is 0 Å². The highest BCUT2D eigenvalue weighted by atomic mass is 28.4. The second-order valence-corrected chi connectivity index (χ2v) is 16.4. The van der Waals surface area contributed by atoms with E-state index < -0.39 is 20.0 Å². The topological polar surface area (TPSA) is 77.6 Å². The van der Waals surface area contributed by atoms with Gasteiger partial charge >= 0.3 is 11.9 Å². The average molecular weight is 452 g/mol. The molecule has 31 heavy (non-hydrogen) atoms. The van der Waals surface area contributed by atoms with Crippen molar-refractivity contribution in [1.82, 2.24) is 4.90 Å². The summed E-state index contributed by atoms with van der Waals surface area (Å²) in [6.45, 7) is 15.0. The molecule has 8 atom stereocenters. The van der Waals surface area contributed by atoms with Crippen LogP contribution in [0.5, 0.6) is 0 Å². The minimum absolute atomic E-state index is 0.0130. The van der Waals surface area contributed by atoms with Crippen LogP contribution >= 0.6 is 0 Å². The maximum Gasteiger partial charge on any atom is 0.336 e. The molecular weight excluding hydrogens is 414 g/mol. The van der Waals surface area contributed by atoms with Gasteiger partial charge in [0, 0.05) is 12.3 Å². The Balaban J connectivity index is 1.79. The van der Waals surface area contributed by atoms with Crippen LogP contribution in [0.2, 0.25) is 18.1 Å². The van der Waals surface area contributed by atoms with Crippen molar-refractivity contribution in [2.75, 3.05) is 14.1 Å². The third kappa shape index (κ3) is 3.69. The van der Waals surface area contributed by atoms with Gasteiger partial charge in [0.05, 0.1) is 29.2 Å². The monoisotopic (exact) mass is 451 g/mol. The van der Waals surface area contributed by atoms with Crippen molar-refractivity contribution in [3.63, 3.8) is 0 Å². The number of likely N-dealkylation sites (N-methyl/N-ethyl adjacent to an activating group) is 1. The number of ether oxygens (including phenoxy) is 3. The van der Waals surface area contributed by atoms with E-state index in [0.29, 0.717) is 12.0 Å². The van der Waals surface area contributed by atoms with Crippen LogP contribution in [0.15, 0.2) is 11.6 Å². The van der Waals surface area contributed by atoms with Crippen LogP contribution < -0.4 is 0 Å². The van der Waals surface area contributed by atoms with Crippen LogP contribution in [0.25, 0.3) is 0 Å². The number of esters is 2. The second kappa shape index (κ2) is 7.14. The van der Waals surface area contributed by atoms with E-state index in [1.54, 1.807) is 0 Å². The smallest absolute Gasteiger partial charge is 0.336 e. The molecule has 0 aromatic carbocycles. The molecule has 0 aromatic rings. The molecule has 2 saturated heterocycles. The first kappa shape index (κ1) is 23.0. The first-order valence-corrected chi connectivity index (χ1v) is 14.2. The summed E-state index contributed by atoms with van der Waals surface area (Å²) < 4.78 is 24.8. The van der Waals surface area contributed by atoms with E-state index >= 15 is 0 Å². The molecule has 0 radical (unpaired) electrons. The van der Waals surface area contributed by atoms with Gasteiger partial charge in [-0.1, -0.05) is 27.7 Å². The summed E-state index contributed by atoms with van der Waals surface area (Å²) in [5, 5.41) is 0.0130. The predicted octanol–water partition coefficient (Wildman–Crippen LogP) is 2.90. The summed E-state index contributed by atoms with van der Waals surface area (Å²) in [6.07, 6.45) is 1.18. The number of hydrogen-bond donors (Lipinski definition) is 0. The highest BCUT2D eigenvalue weighted by molar-refractivity contribution is 6.74. The van der Waals surface area contributed by atoms with Crippen LogP contribution in [0, 0.1) is 11.8 Å². The van der Waals surface area contributed by atoms with Gasteiger partial charge in [-0.15, -0.1) is 0 Å². The molecule has 3 aliphatic heterocycles. The molecule has 0 amide bonds. The summed E-state index contributed by atoms with van der Waals surface area (Å²) in [5.74, 6) is -1.08. The number of carbonyl (C=O) groups excluding carboxylic acids is 2. The Bertz CT molecular complexity index is 817. The van der Waals surface area contributed by atoms with Crippen molar-refractivity contribution in [3.8, 4) is 0 Å². The predicted molar refractivity (Wildman–Crippen MR) is 118 cm³/mol. The molecule has 4 aliphatic rings. The van der Waals surface area contributed by atoms with Gasteiger partial charge in [-0.25, -0.2) is 4.79 Å². The molecule has 2 bridgehead atoms. The standard InChI is InChI=1S/C23H37NO6Si/c1-12-16-14-10-13(21(26)27-14)17(24(6)7)18(30-31(8,9)22(2,3)4)19-23(5,29-19)11-15(16)28-20(12)25/h10,12,14-19H,11H2,1-9H3/t12-,14-,15+,16+,17+,18-,19+,23+/m1/s1. The highest BCUT2D eigenvalue weighted by Gasteiger charge is 2.65. The molecule has 0 unspecified atom stereocenters. The molecule has 0 N–H and O–H groups in total. The molecule has 0 saturated carbocycles. The molecule has 8 heteroatoms. The molecular formula is C23H37NO6Si. The van der Waals surface area contributed by atoms with Crippen LogP contribution in [-0.2, 0) is 28.2 Å². The second-order valence-electron chi connectivity index (χ2n) is 11.6. The first-order valence-electron chi connectivity index (χ1n) is 11.3. The lowest BCUT2D eigenvalue weighted by Gasteiger charge is -2.43. The van der Waals surface area contributed by atoms with E-state index in [1.165, 1.54) is 0 Å². The van der Waals surface area contributed by atoms with Gasteiger partial charge in [-0.05, 0) is 45.2 Å². The lowest BCUT2D eigenvalue weighted by Crippen LogP contribution is -2.54. The normalized spacial score (nSPS) is 42.5. The van der Waals surface area contributed by atoms with Gasteiger partial charge in [0.2, 0.25) is 0 Å². The Hall–Kier alpha value is -1.22. The Labute approximate surface area is 186 Å². The quantitative estimate of drug-likeness (QED) is 0.371. The molecule has 2 fully saturated rings. The van der Waals surface area contributed by atoms with E-state index in [0.717, 1.165) is 0 Å². The Morgan fingerprint density at radius 3 is 2.42 bits per heavy atom. The summed E-state index contributed by atoms with van der Waals surface area (Å²) in [5.41, 5.74) is 0.137. The Morgan fingerprint density at radius 1 is 1.19 bits per heavy atom. The lowest BCUT2D eigenvalue weighted by atomic mass is 9.80. The Kier molecular flexibility index (Phi) is 5.28. The van der Waals surface area contributed by atoms with Crippen LogP contribution in [0.3, 0.4) is 0 Å². The van der Waals surface area contributed by atoms with Gasteiger partial charge in [0.15, 0.2) is 8.32 Å². The summed E-state index contributed by atoms with van der Waals surface area (Å²) >= 11 is 0. The van der Waals surface area contributed by atoms with Crippen molar-refractivity contribution >= 4 is 20.3 Å². The van der Waals surface area contributed by atoms with Crippen molar-refractivity contribution in [1.29, 1.82) is 0 Å². The minimum atomic E-state index is -2.17. The van der Waals surface area contributed by atoms with Crippen molar-refractivity contribution in [2.24, 2.45) is 11.8 Å². The number of rotatable bonds is 3. The van der Waals surface area contributed by atoms with Crippen molar-refractivity contribution in [3.05, 3.63) is 11.6 Å². The Morgan fingerprint density at radius 2 is 1.84 bits per heavy atom. The largest absolute Gasteiger partial charge is 0.462 e. The molecule has 0 aromatic heterocycles. The third-order valence-corrected chi connectivity index (χ3v) is 12.6. The van der Waals surface area contributed by atoms with Gasteiger partial charge in [0.1, 0.15) is 18.3 Å². The van der Waals surface area contributed by atoms with Gasteiger partial charge in [-0.3, -0.25) is 9.69 Å². The number of nitrogens with zero attached hydrogens (tertiary/aromatic N) is 1. The average Bonchev–Trinajstić information content (AvgIpc) is 3.01. The van der Waals surface area contributed by atoms with Gasteiger partial charge < -0.3 is 18.6 Å². The van der Waals surface area contributed by atoms with E-state index in [4.69, 9.17) is 18.6 Å². The molecule has 7 nitrogen and oxygen atoms in total. The van der Waals surface area contributed by atoms with Crippen molar-refractivity contribution in [2.45, 2.75) is 95.2 Å². The van der Waals surface area contributed by atoms with E-state index in [1.807, 2.05) is 32.0 Å². The summed E-state index contributed by atoms with van der Waals surface area (Å²) in [6, 6.07) is -0.289. The zero-order chi connectivity index (χ0) is 23.1. The molecule has 1 aliphatic carbocycles. The number of fused-ring (bicyclic) bond motifs is 4. The fraction of sp³-hybridized carbons (Fsp3) is 0.826.